The fraction of sp³-hybridized carbons (Fsp3) is 0.250. The molecule has 1 aliphatic heterocycles. The average molecular weight is 201 g/mol. The van der Waals surface area contributed by atoms with Crippen LogP contribution >= 0.6 is 0 Å². The smallest absolute Gasteiger partial charge is 0.335 e. The molecular weight excluding hydrogens is 190 g/mol. The molecule has 2 rings (SSSR count). The first-order chi connectivity index (χ1) is 7.20. The highest BCUT2D eigenvalue weighted by atomic mass is 16.4. The summed E-state index contributed by atoms with van der Waals surface area (Å²) in [7, 11) is 0. The van der Waals surface area contributed by atoms with Crippen LogP contribution in [0.15, 0.2) is 18.2 Å². The van der Waals surface area contributed by atoms with E-state index >= 15 is 0 Å². The van der Waals surface area contributed by atoms with E-state index in [1.54, 1.807) is 12.1 Å². The van der Waals surface area contributed by atoms with Crippen molar-refractivity contribution in [1.82, 2.24) is 4.90 Å². The van der Waals surface area contributed by atoms with Crippen LogP contribution < -0.4 is 0 Å². The van der Waals surface area contributed by atoms with Crippen molar-refractivity contribution < 1.29 is 9.90 Å². The molecule has 0 saturated heterocycles. The van der Waals surface area contributed by atoms with Crippen molar-refractivity contribution in [1.29, 1.82) is 0 Å². The van der Waals surface area contributed by atoms with Gasteiger partial charge >= 0.3 is 5.97 Å². The molecule has 0 atom stereocenters. The van der Waals surface area contributed by atoms with Gasteiger partial charge in [0.2, 0.25) is 0 Å². The Morgan fingerprint density at radius 1 is 1.47 bits per heavy atom. The Balaban J connectivity index is 2.24. The number of aromatic carboxylic acids is 1. The van der Waals surface area contributed by atoms with E-state index in [0.29, 0.717) is 12.1 Å². The van der Waals surface area contributed by atoms with Crippen LogP contribution in [0, 0.1) is 12.3 Å². The van der Waals surface area contributed by atoms with Gasteiger partial charge in [0.05, 0.1) is 12.1 Å². The van der Waals surface area contributed by atoms with Gasteiger partial charge in [-0.1, -0.05) is 12.0 Å². The Bertz CT molecular complexity index is 445. The van der Waals surface area contributed by atoms with Gasteiger partial charge in [0.25, 0.3) is 0 Å². The highest BCUT2D eigenvalue weighted by Gasteiger charge is 2.19. The Kier molecular flexibility index (Phi) is 2.44. The van der Waals surface area contributed by atoms with Gasteiger partial charge in [-0.05, 0) is 23.3 Å². The van der Waals surface area contributed by atoms with Gasteiger partial charge in [-0.2, -0.15) is 0 Å². The summed E-state index contributed by atoms with van der Waals surface area (Å²) in [4.78, 5) is 12.9. The van der Waals surface area contributed by atoms with E-state index in [9.17, 15) is 4.79 Å². The molecule has 76 valence electrons. The summed E-state index contributed by atoms with van der Waals surface area (Å²) in [5.74, 6) is 1.71. The maximum atomic E-state index is 10.8. The summed E-state index contributed by atoms with van der Waals surface area (Å²) in [5, 5.41) is 8.84. The molecule has 1 heterocycles. The van der Waals surface area contributed by atoms with Crippen molar-refractivity contribution in [2.45, 2.75) is 13.1 Å². The molecule has 3 nitrogen and oxygen atoms in total. The van der Waals surface area contributed by atoms with Crippen LogP contribution in [0.5, 0.6) is 0 Å². The minimum absolute atomic E-state index is 0.344. The molecule has 1 N–H and O–H groups in total. The number of rotatable bonds is 2. The summed E-state index contributed by atoms with van der Waals surface area (Å²) in [6.07, 6.45) is 5.24. The number of carbonyl (C=O) groups is 1. The predicted octanol–water partition coefficient (Wildman–Crippen LogP) is 1.33. The first-order valence-electron chi connectivity index (χ1n) is 4.71. The third kappa shape index (κ3) is 1.85. The molecule has 15 heavy (non-hydrogen) atoms. The van der Waals surface area contributed by atoms with Crippen LogP contribution in [-0.4, -0.2) is 22.5 Å². The SMILES string of the molecule is C#CCN1Cc2ccc(C(=O)O)cc2C1. The van der Waals surface area contributed by atoms with Crippen molar-refractivity contribution in [3.63, 3.8) is 0 Å². The highest BCUT2D eigenvalue weighted by molar-refractivity contribution is 5.87. The van der Waals surface area contributed by atoms with Crippen molar-refractivity contribution in [2.75, 3.05) is 6.54 Å². The summed E-state index contributed by atoms with van der Waals surface area (Å²) >= 11 is 0. The maximum Gasteiger partial charge on any atom is 0.335 e. The molecule has 0 unspecified atom stereocenters. The zero-order valence-electron chi connectivity index (χ0n) is 8.23. The van der Waals surface area contributed by atoms with Gasteiger partial charge in [0.1, 0.15) is 0 Å². The zero-order valence-corrected chi connectivity index (χ0v) is 8.23. The van der Waals surface area contributed by atoms with Gasteiger partial charge in [0, 0.05) is 13.1 Å². The minimum Gasteiger partial charge on any atom is -0.478 e. The molecule has 0 fully saturated rings. The number of carboxylic acid groups (broad SMARTS) is 1. The summed E-state index contributed by atoms with van der Waals surface area (Å²) in [6.45, 7) is 2.18. The van der Waals surface area contributed by atoms with E-state index in [-0.39, 0.29) is 0 Å². The number of hydrogen-bond donors (Lipinski definition) is 1. The Morgan fingerprint density at radius 3 is 2.87 bits per heavy atom. The monoisotopic (exact) mass is 201 g/mol. The molecule has 0 bridgehead atoms. The number of hydrogen-bond acceptors (Lipinski definition) is 2. The summed E-state index contributed by atoms with van der Waals surface area (Å²) in [5.41, 5.74) is 2.59. The van der Waals surface area contributed by atoms with Gasteiger partial charge in [-0.25, -0.2) is 4.79 Å². The van der Waals surface area contributed by atoms with Crippen LogP contribution in [0.4, 0.5) is 0 Å². The van der Waals surface area contributed by atoms with Crippen molar-refractivity contribution in [3.8, 4) is 12.3 Å². The van der Waals surface area contributed by atoms with Gasteiger partial charge in [-0.15, -0.1) is 6.42 Å². The maximum absolute atomic E-state index is 10.8. The molecule has 1 aromatic rings. The molecule has 0 aliphatic carbocycles. The van der Waals surface area contributed by atoms with E-state index in [4.69, 9.17) is 11.5 Å². The van der Waals surface area contributed by atoms with Crippen LogP contribution in [0.3, 0.4) is 0 Å². The van der Waals surface area contributed by atoms with Crippen molar-refractivity contribution >= 4 is 5.97 Å². The first kappa shape index (κ1) is 9.75. The second kappa shape index (κ2) is 3.76. The van der Waals surface area contributed by atoms with E-state index in [2.05, 4.69) is 10.8 Å². The lowest BCUT2D eigenvalue weighted by atomic mass is 10.1. The molecular formula is C12H11NO2. The van der Waals surface area contributed by atoms with Gasteiger partial charge in [-0.3, -0.25) is 4.90 Å². The number of benzene rings is 1. The number of carboxylic acids is 1. The zero-order chi connectivity index (χ0) is 10.8. The second-order valence-corrected chi connectivity index (χ2v) is 3.64. The van der Waals surface area contributed by atoms with E-state index in [1.165, 1.54) is 5.56 Å². The molecule has 3 heteroatoms. The third-order valence-electron chi connectivity index (χ3n) is 2.56. The van der Waals surface area contributed by atoms with Crippen LogP contribution in [-0.2, 0) is 13.1 Å². The normalized spacial score (nSPS) is 14.6. The predicted molar refractivity (Wildman–Crippen MR) is 56.3 cm³/mol. The molecule has 0 aromatic heterocycles. The van der Waals surface area contributed by atoms with Crippen LogP contribution in [0.1, 0.15) is 21.5 Å². The second-order valence-electron chi connectivity index (χ2n) is 3.64. The quantitative estimate of drug-likeness (QED) is 0.734. The Morgan fingerprint density at radius 2 is 2.20 bits per heavy atom. The third-order valence-corrected chi connectivity index (χ3v) is 2.56. The lowest BCUT2D eigenvalue weighted by molar-refractivity contribution is 0.0697. The topological polar surface area (TPSA) is 40.5 Å². The summed E-state index contributed by atoms with van der Waals surface area (Å²) < 4.78 is 0. The fourth-order valence-corrected chi connectivity index (χ4v) is 1.84. The van der Waals surface area contributed by atoms with Crippen molar-refractivity contribution in [3.05, 3.63) is 34.9 Å². The lowest BCUT2D eigenvalue weighted by Gasteiger charge is -2.08. The largest absolute Gasteiger partial charge is 0.478 e. The minimum atomic E-state index is -0.881. The van der Waals surface area contributed by atoms with Gasteiger partial charge in [0.15, 0.2) is 0 Å². The molecule has 0 amide bonds. The summed E-state index contributed by atoms with van der Waals surface area (Å²) in [6, 6.07) is 5.24. The van der Waals surface area contributed by atoms with Crippen LogP contribution in [0.25, 0.3) is 0 Å². The molecule has 0 radical (unpaired) electrons. The Hall–Kier alpha value is -1.79. The lowest BCUT2D eigenvalue weighted by Crippen LogP contribution is -2.15. The number of nitrogens with zero attached hydrogens (tertiary/aromatic N) is 1. The van der Waals surface area contributed by atoms with Gasteiger partial charge < -0.3 is 5.11 Å². The number of terminal acetylenes is 1. The standard InChI is InChI=1S/C12H11NO2/c1-2-5-13-7-10-4-3-9(12(14)15)6-11(10)8-13/h1,3-4,6H,5,7-8H2,(H,14,15). The highest BCUT2D eigenvalue weighted by Crippen LogP contribution is 2.23. The van der Waals surface area contributed by atoms with E-state index in [1.807, 2.05) is 6.07 Å². The van der Waals surface area contributed by atoms with E-state index in [0.717, 1.165) is 18.7 Å². The first-order valence-corrected chi connectivity index (χ1v) is 4.71. The number of fused-ring (bicyclic) bond motifs is 1. The van der Waals surface area contributed by atoms with Crippen LogP contribution in [0.2, 0.25) is 0 Å². The average Bonchev–Trinajstić information content (AvgIpc) is 2.59. The van der Waals surface area contributed by atoms with E-state index < -0.39 is 5.97 Å². The Labute approximate surface area is 88.3 Å². The molecule has 1 aliphatic rings. The molecule has 1 aromatic carbocycles. The molecule has 0 spiro atoms. The fourth-order valence-electron chi connectivity index (χ4n) is 1.84. The molecule has 0 saturated carbocycles. The van der Waals surface area contributed by atoms with Crippen molar-refractivity contribution in [2.24, 2.45) is 0 Å².